The molecular formula is C21H21N3OS3. The van der Waals surface area contributed by atoms with Gasteiger partial charge in [-0.2, -0.15) is 0 Å². The Hall–Kier alpha value is -1.93. The van der Waals surface area contributed by atoms with Crippen LogP contribution in [0.1, 0.15) is 24.4 Å². The zero-order valence-electron chi connectivity index (χ0n) is 15.7. The van der Waals surface area contributed by atoms with Crippen LogP contribution in [-0.4, -0.2) is 22.3 Å². The molecule has 0 fully saturated rings. The molecule has 0 spiro atoms. The van der Waals surface area contributed by atoms with Crippen molar-refractivity contribution in [2.75, 3.05) is 12.3 Å². The predicted molar refractivity (Wildman–Crippen MR) is 122 cm³/mol. The summed E-state index contributed by atoms with van der Waals surface area (Å²) in [7, 11) is 0. The van der Waals surface area contributed by atoms with Crippen LogP contribution < -0.4 is 10.9 Å². The lowest BCUT2D eigenvalue weighted by molar-refractivity contribution is 0.570. The summed E-state index contributed by atoms with van der Waals surface area (Å²) >= 11 is 4.99. The Morgan fingerprint density at radius 3 is 2.79 bits per heavy atom. The predicted octanol–water partition coefficient (Wildman–Crippen LogP) is 5.46. The number of thiophene rings is 2. The number of nitrogens with one attached hydrogen (secondary N) is 2. The molecule has 144 valence electrons. The third-order valence-electron chi connectivity index (χ3n) is 4.50. The summed E-state index contributed by atoms with van der Waals surface area (Å²) < 4.78 is 0. The fourth-order valence-corrected chi connectivity index (χ4v) is 5.51. The van der Waals surface area contributed by atoms with Gasteiger partial charge in [-0.1, -0.05) is 23.8 Å². The first-order valence-electron chi connectivity index (χ1n) is 9.10. The van der Waals surface area contributed by atoms with Crippen LogP contribution in [0.25, 0.3) is 20.7 Å². The van der Waals surface area contributed by atoms with Crippen LogP contribution in [0, 0.1) is 6.92 Å². The molecule has 4 nitrogen and oxygen atoms in total. The van der Waals surface area contributed by atoms with Crippen molar-refractivity contribution in [3.63, 3.8) is 0 Å². The minimum Gasteiger partial charge on any atom is -0.309 e. The highest BCUT2D eigenvalue weighted by Gasteiger charge is 2.16. The lowest BCUT2D eigenvalue weighted by Gasteiger charge is -2.13. The maximum Gasteiger partial charge on any atom is 0.260 e. The van der Waals surface area contributed by atoms with Gasteiger partial charge >= 0.3 is 0 Å². The molecule has 0 unspecified atom stereocenters. The average molecular weight is 428 g/mol. The van der Waals surface area contributed by atoms with Crippen molar-refractivity contribution < 1.29 is 0 Å². The third kappa shape index (κ3) is 4.22. The fourth-order valence-electron chi connectivity index (χ4n) is 2.96. The second kappa shape index (κ2) is 8.61. The number of hydrogen-bond acceptors (Lipinski definition) is 6. The second-order valence-electron chi connectivity index (χ2n) is 6.60. The molecular weight excluding hydrogens is 406 g/mol. The van der Waals surface area contributed by atoms with E-state index in [1.807, 2.05) is 41.6 Å². The zero-order valence-corrected chi connectivity index (χ0v) is 18.1. The highest BCUT2D eigenvalue weighted by molar-refractivity contribution is 7.99. The van der Waals surface area contributed by atoms with Gasteiger partial charge in [-0.05, 0) is 37.4 Å². The van der Waals surface area contributed by atoms with Crippen LogP contribution in [-0.2, 0) is 0 Å². The number of nitrogens with zero attached hydrogens (tertiary/aromatic N) is 1. The summed E-state index contributed by atoms with van der Waals surface area (Å²) in [5, 5.41) is 8.20. The summed E-state index contributed by atoms with van der Waals surface area (Å²) in [6.45, 7) is 4.97. The van der Waals surface area contributed by atoms with Crippen LogP contribution >= 0.6 is 34.4 Å². The number of benzene rings is 1. The van der Waals surface area contributed by atoms with Gasteiger partial charge in [0, 0.05) is 33.0 Å². The van der Waals surface area contributed by atoms with E-state index in [2.05, 4.69) is 41.5 Å². The minimum absolute atomic E-state index is 0.0111. The van der Waals surface area contributed by atoms with Crippen molar-refractivity contribution >= 4 is 44.7 Å². The molecule has 3 heterocycles. The quantitative estimate of drug-likeness (QED) is 0.303. The van der Waals surface area contributed by atoms with Crippen LogP contribution in [0.2, 0.25) is 0 Å². The smallest absolute Gasteiger partial charge is 0.260 e. The Morgan fingerprint density at radius 1 is 1.21 bits per heavy atom. The van der Waals surface area contributed by atoms with Crippen LogP contribution in [0.5, 0.6) is 0 Å². The van der Waals surface area contributed by atoms with Crippen LogP contribution in [0.4, 0.5) is 0 Å². The Morgan fingerprint density at radius 2 is 2.04 bits per heavy atom. The lowest BCUT2D eigenvalue weighted by Crippen LogP contribution is -2.25. The number of hydrogen-bond donors (Lipinski definition) is 2. The minimum atomic E-state index is -0.0627. The molecule has 28 heavy (non-hydrogen) atoms. The number of aryl methyl sites for hydroxylation is 1. The highest BCUT2D eigenvalue weighted by atomic mass is 32.2. The molecule has 3 aromatic heterocycles. The van der Waals surface area contributed by atoms with E-state index in [-0.39, 0.29) is 11.6 Å². The number of aromatic amines is 1. The number of thioether (sulfide) groups is 1. The molecule has 4 rings (SSSR count). The summed E-state index contributed by atoms with van der Waals surface area (Å²) in [5.41, 5.74) is 2.19. The normalized spacial score (nSPS) is 12.5. The molecule has 0 aliphatic heterocycles. The van der Waals surface area contributed by atoms with Crippen LogP contribution in [0.3, 0.4) is 0 Å². The average Bonchev–Trinajstić information content (AvgIpc) is 3.36. The number of fused-ring (bicyclic) bond motifs is 1. The van der Waals surface area contributed by atoms with E-state index in [0.29, 0.717) is 11.2 Å². The standard InChI is InChI=1S/C21H21N3OS3/c1-13-5-7-15(8-6-13)26-11-9-22-14(2)19-23-20(25)18-16(12-28-21(18)24-19)17-4-3-10-27-17/h3-8,10,12,14,22H,9,11H2,1-2H3,(H,23,24,25)/t14-/m1/s1. The maximum absolute atomic E-state index is 12.7. The molecule has 1 aromatic carbocycles. The van der Waals surface area contributed by atoms with Crippen molar-refractivity contribution in [3.05, 3.63) is 68.9 Å². The van der Waals surface area contributed by atoms with E-state index < -0.39 is 0 Å². The van der Waals surface area contributed by atoms with Gasteiger partial charge in [-0.3, -0.25) is 4.79 Å². The Balaban J connectivity index is 1.42. The zero-order chi connectivity index (χ0) is 19.5. The van der Waals surface area contributed by atoms with Gasteiger partial charge in [-0.25, -0.2) is 4.98 Å². The largest absolute Gasteiger partial charge is 0.309 e. The first-order valence-corrected chi connectivity index (χ1v) is 11.8. The monoisotopic (exact) mass is 427 g/mol. The molecule has 0 saturated heterocycles. The molecule has 0 aliphatic rings. The van der Waals surface area contributed by atoms with Crippen molar-refractivity contribution in [2.45, 2.75) is 24.8 Å². The third-order valence-corrected chi connectivity index (χ3v) is 7.29. The van der Waals surface area contributed by atoms with Gasteiger partial charge in [0.1, 0.15) is 10.7 Å². The van der Waals surface area contributed by atoms with E-state index in [9.17, 15) is 4.79 Å². The van der Waals surface area contributed by atoms with Crippen molar-refractivity contribution in [1.82, 2.24) is 15.3 Å². The Bertz CT molecular complexity index is 1110. The molecule has 0 saturated carbocycles. The summed E-state index contributed by atoms with van der Waals surface area (Å²) in [6, 6.07) is 12.6. The maximum atomic E-state index is 12.7. The summed E-state index contributed by atoms with van der Waals surface area (Å²) in [6.07, 6.45) is 0. The van der Waals surface area contributed by atoms with E-state index in [1.54, 1.807) is 11.3 Å². The first-order chi connectivity index (χ1) is 13.6. The molecule has 4 aromatic rings. The molecule has 7 heteroatoms. The van der Waals surface area contributed by atoms with Gasteiger partial charge in [0.15, 0.2) is 0 Å². The summed E-state index contributed by atoms with van der Waals surface area (Å²) in [4.78, 5) is 23.6. The Labute approximate surface area is 176 Å². The van der Waals surface area contributed by atoms with E-state index in [1.165, 1.54) is 21.8 Å². The second-order valence-corrected chi connectivity index (χ2v) is 9.57. The van der Waals surface area contributed by atoms with Gasteiger partial charge in [-0.15, -0.1) is 34.4 Å². The van der Waals surface area contributed by atoms with E-state index in [4.69, 9.17) is 4.98 Å². The highest BCUT2D eigenvalue weighted by Crippen LogP contribution is 2.33. The number of aromatic nitrogens is 2. The Kier molecular flexibility index (Phi) is 5.96. The molecule has 0 aliphatic carbocycles. The van der Waals surface area contributed by atoms with Crippen molar-refractivity contribution in [3.8, 4) is 10.4 Å². The number of rotatable bonds is 7. The van der Waals surface area contributed by atoms with E-state index >= 15 is 0 Å². The fraction of sp³-hybridized carbons (Fsp3) is 0.238. The lowest BCUT2D eigenvalue weighted by atomic mass is 10.2. The first kappa shape index (κ1) is 19.4. The molecule has 0 bridgehead atoms. The van der Waals surface area contributed by atoms with E-state index in [0.717, 1.165) is 27.6 Å². The van der Waals surface area contributed by atoms with Crippen molar-refractivity contribution in [1.29, 1.82) is 0 Å². The van der Waals surface area contributed by atoms with Crippen molar-refractivity contribution in [2.24, 2.45) is 0 Å². The topological polar surface area (TPSA) is 57.8 Å². The molecule has 2 N–H and O–H groups in total. The number of H-pyrrole nitrogens is 1. The molecule has 0 radical (unpaired) electrons. The molecule has 0 amide bonds. The SMILES string of the molecule is Cc1ccc(SCCN[C@H](C)c2nc3scc(-c4cccs4)c3c(=O)[nH]2)cc1. The van der Waals surface area contributed by atoms with Gasteiger partial charge in [0.2, 0.25) is 0 Å². The van der Waals surface area contributed by atoms with Gasteiger partial charge < -0.3 is 10.3 Å². The van der Waals surface area contributed by atoms with Gasteiger partial charge in [0.05, 0.1) is 11.4 Å². The summed E-state index contributed by atoms with van der Waals surface area (Å²) in [5.74, 6) is 1.65. The van der Waals surface area contributed by atoms with Gasteiger partial charge in [0.25, 0.3) is 5.56 Å². The van der Waals surface area contributed by atoms with Crippen LogP contribution in [0.15, 0.2) is 56.8 Å². The molecule has 1 atom stereocenters.